The van der Waals surface area contributed by atoms with E-state index in [0.29, 0.717) is 16.6 Å². The SMILES string of the molecule is O=C(OC[C@H]1O[C@@H](n2cnc3cn[nH]c(=S)c32)[C@H](OC(=O)c2ccccc2)[C@@H]1OC(=O)c1ccccc1)c1ccccc1. The highest BCUT2D eigenvalue weighted by atomic mass is 32.1. The molecule has 1 aliphatic rings. The van der Waals surface area contributed by atoms with E-state index in [1.54, 1.807) is 95.6 Å². The number of carbonyl (C=O) groups excluding carboxylic acids is 3. The lowest BCUT2D eigenvalue weighted by Crippen LogP contribution is -2.41. The number of esters is 3. The molecule has 1 fully saturated rings. The molecule has 1 aliphatic heterocycles. The van der Waals surface area contributed by atoms with Gasteiger partial charge in [0, 0.05) is 0 Å². The molecule has 3 aromatic carbocycles. The van der Waals surface area contributed by atoms with Gasteiger partial charge in [-0.05, 0) is 36.4 Å². The number of carbonyl (C=O) groups is 3. The first kappa shape index (κ1) is 27.9. The number of rotatable bonds is 8. The number of nitrogens with zero attached hydrogens (tertiary/aromatic N) is 3. The Morgan fingerprint density at radius 1 is 0.791 bits per heavy atom. The molecule has 1 N–H and O–H groups in total. The zero-order valence-electron chi connectivity index (χ0n) is 22.4. The summed E-state index contributed by atoms with van der Waals surface area (Å²) in [6, 6.07) is 25.2. The van der Waals surface area contributed by atoms with Crippen LogP contribution in [0.5, 0.6) is 0 Å². The van der Waals surface area contributed by atoms with Gasteiger partial charge in [0.2, 0.25) is 0 Å². The van der Waals surface area contributed by atoms with Crippen LogP contribution >= 0.6 is 12.2 Å². The van der Waals surface area contributed by atoms with Gasteiger partial charge in [0.15, 0.2) is 18.4 Å². The van der Waals surface area contributed by atoms with E-state index < -0.39 is 42.4 Å². The highest BCUT2D eigenvalue weighted by Crippen LogP contribution is 2.37. The number of fused-ring (bicyclic) bond motifs is 1. The second kappa shape index (κ2) is 12.3. The first-order valence-corrected chi connectivity index (χ1v) is 13.7. The Kier molecular flexibility index (Phi) is 8.03. The van der Waals surface area contributed by atoms with Crippen molar-refractivity contribution in [2.45, 2.75) is 24.5 Å². The summed E-state index contributed by atoms with van der Waals surface area (Å²) in [5, 5.41) is 6.71. The van der Waals surface area contributed by atoms with Crippen molar-refractivity contribution >= 4 is 41.2 Å². The predicted molar refractivity (Wildman–Crippen MR) is 155 cm³/mol. The van der Waals surface area contributed by atoms with Crippen LogP contribution < -0.4 is 0 Å². The molecule has 6 rings (SSSR count). The van der Waals surface area contributed by atoms with Gasteiger partial charge in [-0.2, -0.15) is 5.10 Å². The minimum atomic E-state index is -1.19. The zero-order chi connectivity index (χ0) is 29.8. The lowest BCUT2D eigenvalue weighted by Gasteiger charge is -2.25. The third-order valence-electron chi connectivity index (χ3n) is 6.84. The van der Waals surface area contributed by atoms with Gasteiger partial charge in [-0.25, -0.2) is 19.4 Å². The molecule has 0 spiro atoms. The molecule has 11 nitrogen and oxygen atoms in total. The largest absolute Gasteiger partial charge is 0.459 e. The summed E-state index contributed by atoms with van der Waals surface area (Å²) in [5.74, 6) is -1.94. The molecule has 4 atom stereocenters. The van der Waals surface area contributed by atoms with Gasteiger partial charge in [-0.15, -0.1) is 0 Å². The maximum atomic E-state index is 13.3. The molecule has 2 aromatic heterocycles. The minimum absolute atomic E-state index is 0.267. The molecule has 0 saturated carbocycles. The Morgan fingerprint density at radius 2 is 1.33 bits per heavy atom. The van der Waals surface area contributed by atoms with Gasteiger partial charge in [-0.1, -0.05) is 66.8 Å². The van der Waals surface area contributed by atoms with E-state index in [2.05, 4.69) is 15.2 Å². The summed E-state index contributed by atoms with van der Waals surface area (Å²) < 4.78 is 25.8. The van der Waals surface area contributed by atoms with Gasteiger partial charge in [-0.3, -0.25) is 9.67 Å². The van der Waals surface area contributed by atoms with Gasteiger partial charge in [0.25, 0.3) is 0 Å². The summed E-state index contributed by atoms with van der Waals surface area (Å²) in [4.78, 5) is 43.8. The molecule has 0 amide bonds. The Bertz CT molecular complexity index is 1810. The molecule has 12 heteroatoms. The van der Waals surface area contributed by atoms with Crippen molar-refractivity contribution in [3.05, 3.63) is 125 Å². The number of benzene rings is 3. The molecule has 3 heterocycles. The maximum Gasteiger partial charge on any atom is 0.338 e. The van der Waals surface area contributed by atoms with Crippen molar-refractivity contribution in [3.8, 4) is 0 Å². The average molecular weight is 597 g/mol. The average Bonchev–Trinajstić information content (AvgIpc) is 3.63. The van der Waals surface area contributed by atoms with Crippen molar-refractivity contribution < 1.29 is 33.3 Å². The third kappa shape index (κ3) is 5.92. The van der Waals surface area contributed by atoms with Crippen molar-refractivity contribution in [2.75, 3.05) is 6.61 Å². The smallest absolute Gasteiger partial charge is 0.338 e. The Labute approximate surface area is 250 Å². The summed E-state index contributed by atoms with van der Waals surface area (Å²) in [7, 11) is 0. The van der Waals surface area contributed by atoms with Crippen molar-refractivity contribution in [1.29, 1.82) is 0 Å². The Balaban J connectivity index is 1.38. The van der Waals surface area contributed by atoms with Crippen LogP contribution in [0, 0.1) is 4.64 Å². The highest BCUT2D eigenvalue weighted by Gasteiger charge is 2.51. The first-order valence-electron chi connectivity index (χ1n) is 13.3. The van der Waals surface area contributed by atoms with Gasteiger partial charge in [0.1, 0.15) is 28.4 Å². The topological polar surface area (TPSA) is 135 Å². The van der Waals surface area contributed by atoms with E-state index in [-0.39, 0.29) is 22.4 Å². The fourth-order valence-corrected chi connectivity index (χ4v) is 5.05. The van der Waals surface area contributed by atoms with Crippen molar-refractivity contribution in [3.63, 3.8) is 0 Å². The quantitative estimate of drug-likeness (QED) is 0.153. The summed E-state index contributed by atoms with van der Waals surface area (Å²) in [6.45, 7) is -0.308. The van der Waals surface area contributed by atoms with E-state index in [0.717, 1.165) is 0 Å². The van der Waals surface area contributed by atoms with Crippen molar-refractivity contribution in [1.82, 2.24) is 19.7 Å². The van der Waals surface area contributed by atoms with E-state index in [1.807, 2.05) is 0 Å². The van der Waals surface area contributed by atoms with Crippen LogP contribution in [0.25, 0.3) is 11.0 Å². The van der Waals surface area contributed by atoms with Gasteiger partial charge >= 0.3 is 17.9 Å². The molecule has 0 aliphatic carbocycles. The van der Waals surface area contributed by atoms with Crippen LogP contribution in [-0.2, 0) is 18.9 Å². The number of nitrogens with one attached hydrogen (secondary N) is 1. The number of aromatic nitrogens is 4. The normalized spacial score (nSPS) is 19.5. The molecule has 5 aromatic rings. The molecular formula is C31H24N4O7S. The molecule has 216 valence electrons. The maximum absolute atomic E-state index is 13.3. The number of aromatic amines is 1. The summed E-state index contributed by atoms with van der Waals surface area (Å²) in [5.41, 5.74) is 1.83. The molecule has 0 radical (unpaired) electrons. The number of ether oxygens (including phenoxy) is 4. The van der Waals surface area contributed by atoms with Crippen LogP contribution in [0.1, 0.15) is 37.3 Å². The lowest BCUT2D eigenvalue weighted by atomic mass is 10.1. The Morgan fingerprint density at radius 3 is 1.91 bits per heavy atom. The van der Waals surface area contributed by atoms with E-state index >= 15 is 0 Å². The van der Waals surface area contributed by atoms with E-state index in [9.17, 15) is 14.4 Å². The fourth-order valence-electron chi connectivity index (χ4n) is 4.78. The fraction of sp³-hybridized carbons (Fsp3) is 0.161. The van der Waals surface area contributed by atoms with Crippen LogP contribution in [0.2, 0.25) is 0 Å². The van der Waals surface area contributed by atoms with Gasteiger partial charge < -0.3 is 18.9 Å². The second-order valence-corrected chi connectivity index (χ2v) is 9.99. The number of hydrogen-bond acceptors (Lipinski definition) is 10. The van der Waals surface area contributed by atoms with Crippen LogP contribution in [0.4, 0.5) is 0 Å². The Hall–Kier alpha value is -5.20. The van der Waals surface area contributed by atoms with Gasteiger partial charge in [0.05, 0.1) is 29.2 Å². The predicted octanol–water partition coefficient (Wildman–Crippen LogP) is 4.69. The standard InChI is InChI=1S/C31H24N4O7S/c36-29(19-10-4-1-5-11-19)39-17-23-25(41-30(37)20-12-6-2-7-13-20)26(42-31(38)21-14-8-3-9-15-21)28(40-23)35-18-32-22-16-33-34-27(43)24(22)35/h1-16,18,23,25-26,28H,17H2,(H,34,43)/t23-,25-,26-,28-/m1/s1. The molecule has 0 bridgehead atoms. The number of H-pyrrole nitrogens is 1. The molecule has 0 unspecified atom stereocenters. The zero-order valence-corrected chi connectivity index (χ0v) is 23.3. The number of imidazole rings is 1. The third-order valence-corrected chi connectivity index (χ3v) is 7.13. The van der Waals surface area contributed by atoms with Crippen LogP contribution in [0.15, 0.2) is 104 Å². The van der Waals surface area contributed by atoms with Crippen molar-refractivity contribution in [2.24, 2.45) is 0 Å². The summed E-state index contributed by atoms with van der Waals surface area (Å²) >= 11 is 5.47. The van der Waals surface area contributed by atoms with Crippen LogP contribution in [0.3, 0.4) is 0 Å². The highest BCUT2D eigenvalue weighted by molar-refractivity contribution is 7.71. The molecule has 1 saturated heterocycles. The second-order valence-electron chi connectivity index (χ2n) is 9.59. The van der Waals surface area contributed by atoms with E-state index in [1.165, 1.54) is 12.5 Å². The molecule has 43 heavy (non-hydrogen) atoms. The lowest BCUT2D eigenvalue weighted by molar-refractivity contribution is -0.0604. The number of hydrogen-bond donors (Lipinski definition) is 1. The minimum Gasteiger partial charge on any atom is -0.459 e. The van der Waals surface area contributed by atoms with Crippen LogP contribution in [-0.4, -0.2) is 62.6 Å². The first-order chi connectivity index (χ1) is 21.0. The summed E-state index contributed by atoms with van der Waals surface area (Å²) in [6.07, 6.45) is -1.52. The molecular weight excluding hydrogens is 572 g/mol. The monoisotopic (exact) mass is 596 g/mol. The van der Waals surface area contributed by atoms with E-state index in [4.69, 9.17) is 31.2 Å².